The molecule has 1 saturated heterocycles. The topological polar surface area (TPSA) is 18.5 Å². The van der Waals surface area contributed by atoms with Gasteiger partial charge in [-0.15, -0.1) is 0 Å². The van der Waals surface area contributed by atoms with Gasteiger partial charge in [-0.3, -0.25) is 0 Å². The molecule has 0 aromatic heterocycles. The van der Waals surface area contributed by atoms with Gasteiger partial charge < -0.3 is 9.47 Å². The first kappa shape index (κ1) is 7.59. The van der Waals surface area contributed by atoms with Crippen molar-refractivity contribution in [3.05, 3.63) is 11.1 Å². The fourth-order valence-corrected chi connectivity index (χ4v) is 1.88. The van der Waals surface area contributed by atoms with Crippen LogP contribution >= 0.6 is 11.6 Å². The Morgan fingerprint density at radius 1 is 1.36 bits per heavy atom. The van der Waals surface area contributed by atoms with E-state index in [1.165, 1.54) is 0 Å². The molecule has 2 nitrogen and oxygen atoms in total. The van der Waals surface area contributed by atoms with Crippen LogP contribution in [0.3, 0.4) is 0 Å². The summed E-state index contributed by atoms with van der Waals surface area (Å²) in [6, 6.07) is 0. The normalized spacial score (nSPS) is 29.0. The maximum absolute atomic E-state index is 5.89. The monoisotopic (exact) mass is 174 g/mol. The molecule has 1 fully saturated rings. The van der Waals surface area contributed by atoms with E-state index in [1.807, 2.05) is 6.08 Å². The van der Waals surface area contributed by atoms with Crippen LogP contribution in [0.4, 0.5) is 0 Å². The van der Waals surface area contributed by atoms with Crippen LogP contribution in [-0.2, 0) is 9.47 Å². The van der Waals surface area contributed by atoms with Crippen molar-refractivity contribution in [2.24, 2.45) is 0 Å². The van der Waals surface area contributed by atoms with Crippen molar-refractivity contribution in [3.8, 4) is 0 Å². The molecule has 0 aromatic rings. The van der Waals surface area contributed by atoms with E-state index in [0.717, 1.165) is 24.3 Å². The zero-order valence-electron chi connectivity index (χ0n) is 6.31. The third-order valence-electron chi connectivity index (χ3n) is 2.09. The van der Waals surface area contributed by atoms with E-state index in [2.05, 4.69) is 0 Å². The summed E-state index contributed by atoms with van der Waals surface area (Å²) < 4.78 is 10.9. The smallest absolute Gasteiger partial charge is 0.189 e. The molecular weight excluding hydrogens is 164 g/mol. The van der Waals surface area contributed by atoms with E-state index in [1.54, 1.807) is 0 Å². The summed E-state index contributed by atoms with van der Waals surface area (Å²) in [4.78, 5) is 0. The van der Waals surface area contributed by atoms with Gasteiger partial charge in [-0.2, -0.15) is 0 Å². The molecule has 11 heavy (non-hydrogen) atoms. The van der Waals surface area contributed by atoms with Gasteiger partial charge in [-0.05, 0) is 18.9 Å². The van der Waals surface area contributed by atoms with E-state index >= 15 is 0 Å². The minimum absolute atomic E-state index is 0.449. The second kappa shape index (κ2) is 2.77. The molecule has 1 aliphatic carbocycles. The Bertz CT molecular complexity index is 183. The highest BCUT2D eigenvalue weighted by molar-refractivity contribution is 6.29. The lowest BCUT2D eigenvalue weighted by molar-refractivity contribution is -0.125. The van der Waals surface area contributed by atoms with Gasteiger partial charge in [0, 0.05) is 11.5 Å². The Morgan fingerprint density at radius 2 is 2.09 bits per heavy atom. The molecule has 0 atom stereocenters. The Morgan fingerprint density at radius 3 is 2.73 bits per heavy atom. The van der Waals surface area contributed by atoms with Crippen LogP contribution in [0.2, 0.25) is 0 Å². The molecule has 1 aliphatic heterocycles. The molecular formula is C8H11ClO2. The van der Waals surface area contributed by atoms with Gasteiger partial charge in [0.1, 0.15) is 0 Å². The number of ether oxygens (including phenoxy) is 2. The van der Waals surface area contributed by atoms with E-state index in [-0.39, 0.29) is 0 Å². The summed E-state index contributed by atoms with van der Waals surface area (Å²) in [6.45, 7) is 1.39. The number of hydrogen-bond acceptors (Lipinski definition) is 2. The quantitative estimate of drug-likeness (QED) is 0.560. The maximum Gasteiger partial charge on any atom is 0.189 e. The molecule has 2 rings (SSSR count). The van der Waals surface area contributed by atoms with Crippen molar-refractivity contribution >= 4 is 11.6 Å². The summed E-state index contributed by atoms with van der Waals surface area (Å²) in [6.07, 6.45) is 4.89. The third kappa shape index (κ3) is 1.43. The lowest BCUT2D eigenvalue weighted by atomic mass is 10.0. The van der Waals surface area contributed by atoms with Crippen LogP contribution < -0.4 is 0 Å². The molecule has 0 amide bonds. The molecule has 0 N–H and O–H groups in total. The summed E-state index contributed by atoms with van der Waals surface area (Å²) >= 11 is 5.89. The van der Waals surface area contributed by atoms with Gasteiger partial charge in [0.2, 0.25) is 0 Å². The van der Waals surface area contributed by atoms with Gasteiger partial charge in [-0.25, -0.2) is 0 Å². The van der Waals surface area contributed by atoms with Crippen molar-refractivity contribution in [2.45, 2.75) is 25.0 Å². The molecule has 0 saturated carbocycles. The first-order valence-electron chi connectivity index (χ1n) is 3.96. The lowest BCUT2D eigenvalue weighted by Gasteiger charge is -2.27. The van der Waals surface area contributed by atoms with Gasteiger partial charge in [0.25, 0.3) is 0 Å². The Balaban J connectivity index is 2.17. The molecule has 0 aromatic carbocycles. The Hall–Kier alpha value is -0.0500. The number of allylic oxidation sites excluding steroid dienone is 1. The second-order valence-electron chi connectivity index (χ2n) is 2.95. The number of rotatable bonds is 0. The average Bonchev–Trinajstić information content (AvgIpc) is 2.37. The van der Waals surface area contributed by atoms with Gasteiger partial charge in [0.15, 0.2) is 5.79 Å². The Labute approximate surface area is 71.1 Å². The SMILES string of the molecule is ClC1=CC2(CCC1)OCCO2. The summed E-state index contributed by atoms with van der Waals surface area (Å²) in [5, 5.41) is 0.873. The van der Waals surface area contributed by atoms with Crippen LogP contribution in [0, 0.1) is 0 Å². The van der Waals surface area contributed by atoms with E-state index in [9.17, 15) is 0 Å². The highest BCUT2D eigenvalue weighted by Gasteiger charge is 2.36. The largest absolute Gasteiger partial charge is 0.344 e. The lowest BCUT2D eigenvalue weighted by Crippen LogP contribution is -2.29. The Kier molecular flexibility index (Phi) is 1.91. The predicted molar refractivity (Wildman–Crippen MR) is 42.4 cm³/mol. The zero-order chi connectivity index (χ0) is 7.73. The van der Waals surface area contributed by atoms with Crippen LogP contribution in [0.5, 0.6) is 0 Å². The van der Waals surface area contributed by atoms with Crippen LogP contribution in [-0.4, -0.2) is 19.0 Å². The third-order valence-corrected chi connectivity index (χ3v) is 2.39. The van der Waals surface area contributed by atoms with Crippen LogP contribution in [0.1, 0.15) is 19.3 Å². The van der Waals surface area contributed by atoms with E-state index < -0.39 is 5.79 Å². The summed E-state index contributed by atoms with van der Waals surface area (Å²) in [7, 11) is 0. The molecule has 2 aliphatic rings. The highest BCUT2D eigenvalue weighted by Crippen LogP contribution is 2.34. The van der Waals surface area contributed by atoms with Crippen molar-refractivity contribution in [1.82, 2.24) is 0 Å². The molecule has 0 unspecified atom stereocenters. The maximum atomic E-state index is 5.89. The van der Waals surface area contributed by atoms with Gasteiger partial charge >= 0.3 is 0 Å². The molecule has 3 heteroatoms. The summed E-state index contributed by atoms with van der Waals surface area (Å²) in [5.74, 6) is -0.449. The molecule has 0 bridgehead atoms. The number of halogens is 1. The molecule has 1 heterocycles. The molecule has 1 spiro atoms. The first-order chi connectivity index (χ1) is 5.31. The van der Waals surface area contributed by atoms with Crippen LogP contribution in [0.25, 0.3) is 0 Å². The fourth-order valence-electron chi connectivity index (χ4n) is 1.58. The van der Waals surface area contributed by atoms with Crippen molar-refractivity contribution < 1.29 is 9.47 Å². The van der Waals surface area contributed by atoms with E-state index in [4.69, 9.17) is 21.1 Å². The van der Waals surface area contributed by atoms with Crippen molar-refractivity contribution in [3.63, 3.8) is 0 Å². The summed E-state index contributed by atoms with van der Waals surface area (Å²) in [5.41, 5.74) is 0. The molecule has 0 radical (unpaired) electrons. The average molecular weight is 175 g/mol. The fraction of sp³-hybridized carbons (Fsp3) is 0.750. The molecule has 62 valence electrons. The standard InChI is InChI=1S/C8H11ClO2/c9-7-2-1-3-8(6-7)10-4-5-11-8/h6H,1-5H2. The van der Waals surface area contributed by atoms with Crippen molar-refractivity contribution in [1.29, 1.82) is 0 Å². The first-order valence-corrected chi connectivity index (χ1v) is 4.34. The van der Waals surface area contributed by atoms with Crippen LogP contribution in [0.15, 0.2) is 11.1 Å². The number of hydrogen-bond donors (Lipinski definition) is 0. The van der Waals surface area contributed by atoms with Gasteiger partial charge in [-0.1, -0.05) is 11.6 Å². The minimum Gasteiger partial charge on any atom is -0.344 e. The highest BCUT2D eigenvalue weighted by atomic mass is 35.5. The predicted octanol–water partition coefficient (Wildman–Crippen LogP) is 2.04. The second-order valence-corrected chi connectivity index (χ2v) is 3.44. The van der Waals surface area contributed by atoms with E-state index in [0.29, 0.717) is 13.2 Å². The zero-order valence-corrected chi connectivity index (χ0v) is 7.06. The van der Waals surface area contributed by atoms with Crippen molar-refractivity contribution in [2.75, 3.05) is 13.2 Å². The minimum atomic E-state index is -0.449. The van der Waals surface area contributed by atoms with Gasteiger partial charge in [0.05, 0.1) is 13.2 Å².